The number of aliphatic hydroxyl groups is 11. The summed E-state index contributed by atoms with van der Waals surface area (Å²) in [6.07, 6.45) is -22.3. The van der Waals surface area contributed by atoms with Gasteiger partial charge in [0.1, 0.15) is 73.8 Å². The highest BCUT2D eigenvalue weighted by atomic mass is 16.8. The smallest absolute Gasteiger partial charge is 0.224 e. The van der Waals surface area contributed by atoms with Crippen molar-refractivity contribution >= 4 is 0 Å². The Bertz CT molecular complexity index is 653. The third-order valence-corrected chi connectivity index (χ3v) is 6.17. The van der Waals surface area contributed by atoms with Crippen molar-refractivity contribution in [2.75, 3.05) is 26.4 Å². The minimum Gasteiger partial charge on any atom is -0.412 e. The topological polar surface area (TPSA) is 300 Å². The highest BCUT2D eigenvalue weighted by molar-refractivity contribution is 5.01. The molecule has 3 aliphatic rings. The van der Waals surface area contributed by atoms with E-state index in [1.807, 2.05) is 0 Å². The Hall–Kier alpha value is -0.680. The van der Waals surface area contributed by atoms with E-state index in [1.165, 1.54) is 0 Å². The van der Waals surface area contributed by atoms with Gasteiger partial charge < -0.3 is 85.3 Å². The van der Waals surface area contributed by atoms with Crippen molar-refractivity contribution in [1.29, 1.82) is 0 Å². The molecule has 0 amide bonds. The highest BCUT2D eigenvalue weighted by Gasteiger charge is 2.61. The zero-order chi connectivity index (χ0) is 25.4. The van der Waals surface area contributed by atoms with Crippen LogP contribution in [0.3, 0.4) is 0 Å². The maximum atomic E-state index is 10.6. The van der Waals surface area contributed by atoms with Gasteiger partial charge in [-0.1, -0.05) is 0 Å². The summed E-state index contributed by atoms with van der Waals surface area (Å²) in [5.41, 5.74) is 0. The molecule has 3 heterocycles. The molecule has 0 saturated carbocycles. The van der Waals surface area contributed by atoms with Crippen LogP contribution in [0.15, 0.2) is 0 Å². The second-order valence-corrected chi connectivity index (χ2v) is 8.37. The molecule has 208 valence electrons. The van der Waals surface area contributed by atoms with Gasteiger partial charge in [0.15, 0.2) is 12.6 Å². The molecule has 17 nitrogen and oxygen atoms in total. The summed E-state index contributed by atoms with van der Waals surface area (Å²) < 4.78 is 27.0. The molecule has 0 aliphatic carbocycles. The summed E-state index contributed by atoms with van der Waals surface area (Å²) in [7, 11) is 0. The van der Waals surface area contributed by atoms with Gasteiger partial charge in [-0.15, -0.1) is 0 Å². The molecule has 3 aliphatic heterocycles. The largest absolute Gasteiger partial charge is 0.412 e. The summed E-state index contributed by atoms with van der Waals surface area (Å²) >= 11 is 0. The third kappa shape index (κ3) is 5.61. The van der Waals surface area contributed by atoms with Gasteiger partial charge in [-0.05, 0) is 0 Å². The molecular weight excluding hydrogens is 488 g/mol. The second kappa shape index (κ2) is 12.2. The van der Waals surface area contributed by atoms with Crippen molar-refractivity contribution in [2.24, 2.45) is 0 Å². The number of aliphatic hydroxyl groups excluding tert-OH is 11. The van der Waals surface area contributed by atoms with Crippen LogP contribution in [0.1, 0.15) is 0 Å². The normalized spacial score (nSPS) is 50.7. The lowest BCUT2D eigenvalue weighted by Crippen LogP contribution is -2.64. The van der Waals surface area contributed by atoms with Crippen LogP contribution in [0.5, 0.6) is 0 Å². The molecule has 0 aromatic heterocycles. The van der Waals surface area contributed by atoms with Gasteiger partial charge in [-0.3, -0.25) is 0 Å². The molecule has 17 heteroatoms. The lowest BCUT2D eigenvalue weighted by atomic mass is 9.98. The third-order valence-electron chi connectivity index (χ3n) is 6.17. The fourth-order valence-corrected chi connectivity index (χ4v) is 4.12. The molecule has 13 N–H and O–H groups in total. The Kier molecular flexibility index (Phi) is 10.7. The number of ether oxygens (including phenoxy) is 5. The average Bonchev–Trinajstić information content (AvgIpc) is 3.10. The van der Waals surface area contributed by atoms with E-state index in [1.54, 1.807) is 0 Å². The maximum Gasteiger partial charge on any atom is 0.224 e. The summed E-state index contributed by atoms with van der Waals surface area (Å²) in [5.74, 6) is -2.43. The number of hydrogen-bond acceptors (Lipinski definition) is 16. The molecule has 3 fully saturated rings. The molecule has 0 bridgehead atoms. The van der Waals surface area contributed by atoms with Crippen molar-refractivity contribution in [3.63, 3.8) is 0 Å². The molecule has 0 aromatic carbocycles. The molecule has 0 radical (unpaired) electrons. The minimum atomic E-state index is -2.43. The van der Waals surface area contributed by atoms with E-state index in [4.69, 9.17) is 23.7 Å². The van der Waals surface area contributed by atoms with Crippen LogP contribution in [-0.2, 0) is 23.7 Å². The van der Waals surface area contributed by atoms with Gasteiger partial charge in [0, 0.05) is 0 Å². The molecule has 0 unspecified atom stereocenters. The molecule has 0 spiro atoms. The standard InChI is InChI=1S/C18H32O16.H2O/c19-1-5-8(23)11(26)13(28)16(30-5)32-15-10(25)7(3-21)33-18(15,4-22)34-17-14(29)12(27)9(24)6(2-20)31-17;/h5-17,19-29H,1-4H2;1H2/t5-,6-,7-,8-,9-,10+,11+,12+,13-,14-,15+,16-,17-,18+;/m1./s1. The van der Waals surface area contributed by atoms with Gasteiger partial charge in [0.25, 0.3) is 0 Å². The van der Waals surface area contributed by atoms with Crippen LogP contribution < -0.4 is 0 Å². The Morgan fingerprint density at radius 3 is 1.49 bits per heavy atom. The SMILES string of the molecule is O.OC[C@H]1O[C@H](O[C@H]2[C@@H](O)[C@@H](CO)O[C@@]2(CO)O[C@H]2O[C@H](CO)[C@@H](O)[C@H](O)[C@H]2O)[C@H](O)[C@@H](O)[C@@H]1O. The Labute approximate surface area is 198 Å². The Balaban J connectivity index is 0.00000432. The summed E-state index contributed by atoms with van der Waals surface area (Å²) in [4.78, 5) is 0. The van der Waals surface area contributed by atoms with E-state index < -0.39 is 112 Å². The predicted molar refractivity (Wildman–Crippen MR) is 105 cm³/mol. The Morgan fingerprint density at radius 1 is 0.571 bits per heavy atom. The van der Waals surface area contributed by atoms with Crippen LogP contribution in [0.2, 0.25) is 0 Å². The summed E-state index contributed by atoms with van der Waals surface area (Å²) in [5, 5.41) is 109. The minimum absolute atomic E-state index is 0. The lowest BCUT2D eigenvalue weighted by Gasteiger charge is -2.45. The fraction of sp³-hybridized carbons (Fsp3) is 1.00. The van der Waals surface area contributed by atoms with Crippen LogP contribution in [-0.4, -0.2) is 174 Å². The molecular formula is C18H34O17. The van der Waals surface area contributed by atoms with Crippen molar-refractivity contribution in [2.45, 2.75) is 85.5 Å². The first-order chi connectivity index (χ1) is 16.0. The Morgan fingerprint density at radius 2 is 1.03 bits per heavy atom. The van der Waals surface area contributed by atoms with Gasteiger partial charge in [-0.2, -0.15) is 0 Å². The molecule has 0 aromatic rings. The molecule has 14 atom stereocenters. The van der Waals surface area contributed by atoms with E-state index in [9.17, 15) is 56.2 Å². The van der Waals surface area contributed by atoms with Crippen LogP contribution >= 0.6 is 0 Å². The monoisotopic (exact) mass is 522 g/mol. The van der Waals surface area contributed by atoms with Crippen molar-refractivity contribution in [3.8, 4) is 0 Å². The van der Waals surface area contributed by atoms with Gasteiger partial charge in [0.05, 0.1) is 19.8 Å². The van der Waals surface area contributed by atoms with E-state index >= 15 is 0 Å². The summed E-state index contributed by atoms with van der Waals surface area (Å²) in [6, 6.07) is 0. The summed E-state index contributed by atoms with van der Waals surface area (Å²) in [6.45, 7) is -3.49. The quantitative estimate of drug-likeness (QED) is 0.141. The fourth-order valence-electron chi connectivity index (χ4n) is 4.12. The zero-order valence-electron chi connectivity index (χ0n) is 18.3. The van der Waals surface area contributed by atoms with Crippen molar-refractivity contribution in [3.05, 3.63) is 0 Å². The van der Waals surface area contributed by atoms with E-state index in [2.05, 4.69) is 0 Å². The molecule has 35 heavy (non-hydrogen) atoms. The van der Waals surface area contributed by atoms with Gasteiger partial charge in [0.2, 0.25) is 5.79 Å². The van der Waals surface area contributed by atoms with E-state index in [-0.39, 0.29) is 5.48 Å². The lowest BCUT2D eigenvalue weighted by molar-refractivity contribution is -0.400. The van der Waals surface area contributed by atoms with Gasteiger partial charge in [-0.25, -0.2) is 0 Å². The molecule has 3 rings (SSSR count). The van der Waals surface area contributed by atoms with Crippen molar-refractivity contribution in [1.82, 2.24) is 0 Å². The highest BCUT2D eigenvalue weighted by Crippen LogP contribution is 2.39. The molecule has 3 saturated heterocycles. The van der Waals surface area contributed by atoms with E-state index in [0.29, 0.717) is 0 Å². The van der Waals surface area contributed by atoms with Crippen LogP contribution in [0.25, 0.3) is 0 Å². The zero-order valence-corrected chi connectivity index (χ0v) is 18.3. The van der Waals surface area contributed by atoms with Crippen LogP contribution in [0, 0.1) is 0 Å². The average molecular weight is 522 g/mol. The predicted octanol–water partition coefficient (Wildman–Crippen LogP) is -8.40. The first-order valence-electron chi connectivity index (χ1n) is 10.6. The van der Waals surface area contributed by atoms with Crippen molar-refractivity contribution < 1.29 is 85.3 Å². The van der Waals surface area contributed by atoms with Gasteiger partial charge >= 0.3 is 0 Å². The first kappa shape index (κ1) is 30.5. The first-order valence-corrected chi connectivity index (χ1v) is 10.6. The number of hydrogen-bond donors (Lipinski definition) is 11. The maximum absolute atomic E-state index is 10.6. The van der Waals surface area contributed by atoms with Crippen LogP contribution in [0.4, 0.5) is 0 Å². The van der Waals surface area contributed by atoms with E-state index in [0.717, 1.165) is 0 Å². The number of rotatable bonds is 8. The second-order valence-electron chi connectivity index (χ2n) is 8.37.